The average Bonchev–Trinajstić information content (AvgIpc) is 3.13. The Kier molecular flexibility index (Phi) is 4.85. The maximum Gasteiger partial charge on any atom is 0.124 e. The maximum absolute atomic E-state index is 6.59. The summed E-state index contributed by atoms with van der Waals surface area (Å²) < 4.78 is 6.59. The van der Waals surface area contributed by atoms with Crippen molar-refractivity contribution in [2.75, 3.05) is 13.1 Å². The van der Waals surface area contributed by atoms with Crippen LogP contribution in [-0.4, -0.2) is 29.6 Å². The number of nitrogens with one attached hydrogen (secondary N) is 1. The molecule has 1 saturated heterocycles. The van der Waals surface area contributed by atoms with E-state index in [1.54, 1.807) is 0 Å². The first-order valence-electron chi connectivity index (χ1n) is 9.43. The molecular weight excluding hydrogens is 328 g/mol. The molecule has 1 aromatic heterocycles. The summed E-state index contributed by atoms with van der Waals surface area (Å²) in [5, 5.41) is 5.95. The van der Waals surface area contributed by atoms with Gasteiger partial charge in [-0.1, -0.05) is 24.3 Å². The van der Waals surface area contributed by atoms with E-state index in [1.807, 2.05) is 11.3 Å². The van der Waals surface area contributed by atoms with Gasteiger partial charge in [0.05, 0.1) is 0 Å². The molecule has 0 radical (unpaired) electrons. The lowest BCUT2D eigenvalue weighted by atomic mass is 9.80. The molecule has 0 aliphatic carbocycles. The number of rotatable bonds is 4. The molecule has 1 fully saturated rings. The lowest BCUT2D eigenvalue weighted by Crippen LogP contribution is -2.53. The number of nitrogens with zero attached hydrogens (tertiary/aromatic N) is 1. The summed E-state index contributed by atoms with van der Waals surface area (Å²) in [7, 11) is 0. The molecule has 4 heteroatoms. The van der Waals surface area contributed by atoms with Crippen LogP contribution in [0.15, 0.2) is 41.8 Å². The molecular formula is C21H28N2OS. The number of para-hydroxylation sites is 1. The van der Waals surface area contributed by atoms with E-state index in [1.165, 1.54) is 10.4 Å². The van der Waals surface area contributed by atoms with E-state index in [0.29, 0.717) is 12.1 Å². The summed E-state index contributed by atoms with van der Waals surface area (Å²) in [4.78, 5) is 3.97. The quantitative estimate of drug-likeness (QED) is 0.866. The molecule has 2 aromatic rings. The second-order valence-electron chi connectivity index (χ2n) is 7.67. The minimum Gasteiger partial charge on any atom is -0.487 e. The number of likely N-dealkylation sites (tertiary alicyclic amines) is 1. The normalized spacial score (nSPS) is 22.8. The number of piperidine rings is 1. The molecule has 134 valence electrons. The van der Waals surface area contributed by atoms with E-state index in [2.05, 4.69) is 65.8 Å². The van der Waals surface area contributed by atoms with Crippen molar-refractivity contribution in [1.82, 2.24) is 10.2 Å². The van der Waals surface area contributed by atoms with Crippen LogP contribution in [0.1, 0.15) is 49.6 Å². The van der Waals surface area contributed by atoms with Crippen LogP contribution in [0.5, 0.6) is 5.75 Å². The molecule has 1 aromatic carbocycles. The number of benzene rings is 1. The van der Waals surface area contributed by atoms with Crippen molar-refractivity contribution in [2.45, 2.75) is 57.3 Å². The molecule has 3 heterocycles. The first kappa shape index (κ1) is 17.1. The molecule has 25 heavy (non-hydrogen) atoms. The summed E-state index contributed by atoms with van der Waals surface area (Å²) in [6.45, 7) is 7.79. The van der Waals surface area contributed by atoms with Crippen LogP contribution in [0.4, 0.5) is 0 Å². The smallest absolute Gasteiger partial charge is 0.124 e. The minimum absolute atomic E-state index is 0.00708. The number of thiophene rings is 1. The summed E-state index contributed by atoms with van der Waals surface area (Å²) in [5.74, 6) is 1.08. The number of fused-ring (bicyclic) bond motifs is 1. The summed E-state index contributed by atoms with van der Waals surface area (Å²) in [5.41, 5.74) is 1.31. The largest absolute Gasteiger partial charge is 0.487 e. The molecule has 0 unspecified atom stereocenters. The SMILES string of the molecule is CC(C)N1CCC2(CC1)C[C@H](NCc1cccs1)c1ccccc1O2. The third kappa shape index (κ3) is 3.62. The van der Waals surface area contributed by atoms with Gasteiger partial charge in [0, 0.05) is 48.6 Å². The van der Waals surface area contributed by atoms with Gasteiger partial charge in [0.15, 0.2) is 0 Å². The first-order valence-corrected chi connectivity index (χ1v) is 10.3. The van der Waals surface area contributed by atoms with Crippen molar-refractivity contribution >= 4 is 11.3 Å². The number of hydrogen-bond acceptors (Lipinski definition) is 4. The minimum atomic E-state index is -0.00708. The summed E-state index contributed by atoms with van der Waals surface area (Å²) in [6.07, 6.45) is 3.31. The van der Waals surface area contributed by atoms with Gasteiger partial charge in [-0.3, -0.25) is 0 Å². The monoisotopic (exact) mass is 356 g/mol. The molecule has 2 aliphatic heterocycles. The second-order valence-corrected chi connectivity index (χ2v) is 8.70. The highest BCUT2D eigenvalue weighted by Gasteiger charge is 2.43. The van der Waals surface area contributed by atoms with Crippen molar-refractivity contribution in [3.05, 3.63) is 52.2 Å². The highest BCUT2D eigenvalue weighted by Crippen LogP contribution is 2.44. The summed E-state index contributed by atoms with van der Waals surface area (Å²) >= 11 is 1.82. The molecule has 3 nitrogen and oxygen atoms in total. The van der Waals surface area contributed by atoms with Gasteiger partial charge >= 0.3 is 0 Å². The lowest BCUT2D eigenvalue weighted by molar-refractivity contribution is -0.0314. The van der Waals surface area contributed by atoms with E-state index in [4.69, 9.17) is 4.74 Å². The van der Waals surface area contributed by atoms with Crippen LogP contribution in [0, 0.1) is 0 Å². The average molecular weight is 357 g/mol. The van der Waals surface area contributed by atoms with Gasteiger partial charge in [-0.15, -0.1) is 11.3 Å². The van der Waals surface area contributed by atoms with Crippen molar-refractivity contribution in [3.63, 3.8) is 0 Å². The summed E-state index contributed by atoms with van der Waals surface area (Å²) in [6, 6.07) is 13.9. The Morgan fingerprint density at radius 3 is 2.72 bits per heavy atom. The lowest BCUT2D eigenvalue weighted by Gasteiger charge is -2.48. The van der Waals surface area contributed by atoms with Crippen LogP contribution in [0.3, 0.4) is 0 Å². The van der Waals surface area contributed by atoms with E-state index in [0.717, 1.165) is 44.6 Å². The zero-order chi connectivity index (χ0) is 17.3. The van der Waals surface area contributed by atoms with E-state index in [-0.39, 0.29) is 5.60 Å². The number of hydrogen-bond donors (Lipinski definition) is 1. The molecule has 2 aliphatic rings. The van der Waals surface area contributed by atoms with Crippen LogP contribution in [-0.2, 0) is 6.54 Å². The maximum atomic E-state index is 6.59. The van der Waals surface area contributed by atoms with Crippen molar-refractivity contribution in [2.24, 2.45) is 0 Å². The van der Waals surface area contributed by atoms with Crippen LogP contribution in [0.2, 0.25) is 0 Å². The topological polar surface area (TPSA) is 24.5 Å². The molecule has 0 saturated carbocycles. The van der Waals surface area contributed by atoms with Gasteiger partial charge in [0.1, 0.15) is 11.4 Å². The Labute approximate surface area is 155 Å². The second kappa shape index (κ2) is 7.10. The molecule has 0 amide bonds. The molecule has 4 rings (SSSR count). The molecule has 0 bridgehead atoms. The molecule has 1 atom stereocenters. The fourth-order valence-electron chi connectivity index (χ4n) is 4.19. The van der Waals surface area contributed by atoms with E-state index in [9.17, 15) is 0 Å². The fraction of sp³-hybridized carbons (Fsp3) is 0.524. The van der Waals surface area contributed by atoms with Crippen molar-refractivity contribution < 1.29 is 4.74 Å². The van der Waals surface area contributed by atoms with E-state index < -0.39 is 0 Å². The Hall–Kier alpha value is -1.36. The van der Waals surface area contributed by atoms with Gasteiger partial charge < -0.3 is 15.0 Å². The van der Waals surface area contributed by atoms with Gasteiger partial charge in [-0.2, -0.15) is 0 Å². The van der Waals surface area contributed by atoms with Crippen LogP contribution >= 0.6 is 11.3 Å². The van der Waals surface area contributed by atoms with Gasteiger partial charge in [0.25, 0.3) is 0 Å². The number of ether oxygens (including phenoxy) is 1. The Morgan fingerprint density at radius 2 is 2.00 bits per heavy atom. The fourth-order valence-corrected chi connectivity index (χ4v) is 4.85. The van der Waals surface area contributed by atoms with Crippen molar-refractivity contribution in [3.8, 4) is 5.75 Å². The Balaban J connectivity index is 1.52. The predicted octanol–water partition coefficient (Wildman–Crippen LogP) is 4.60. The van der Waals surface area contributed by atoms with Crippen molar-refractivity contribution in [1.29, 1.82) is 0 Å². The zero-order valence-electron chi connectivity index (χ0n) is 15.2. The predicted molar refractivity (Wildman–Crippen MR) is 104 cm³/mol. The Bertz CT molecular complexity index is 690. The zero-order valence-corrected chi connectivity index (χ0v) is 16.0. The molecule has 1 N–H and O–H groups in total. The van der Waals surface area contributed by atoms with E-state index >= 15 is 0 Å². The Morgan fingerprint density at radius 1 is 1.20 bits per heavy atom. The highest BCUT2D eigenvalue weighted by molar-refractivity contribution is 7.09. The highest BCUT2D eigenvalue weighted by atomic mass is 32.1. The third-order valence-electron chi connectivity index (χ3n) is 5.74. The standard InChI is InChI=1S/C21H28N2OS/c1-16(2)23-11-9-21(10-12-23)14-19(22-15-17-6-5-13-25-17)18-7-3-4-8-20(18)24-21/h3-8,13,16,19,22H,9-12,14-15H2,1-2H3/t19-/m0/s1. The van der Waals surface area contributed by atoms with Gasteiger partial charge in [0.2, 0.25) is 0 Å². The van der Waals surface area contributed by atoms with Crippen LogP contribution in [0.25, 0.3) is 0 Å². The van der Waals surface area contributed by atoms with Gasteiger partial charge in [-0.25, -0.2) is 0 Å². The van der Waals surface area contributed by atoms with Gasteiger partial charge in [-0.05, 0) is 44.2 Å². The molecule has 1 spiro atoms. The first-order chi connectivity index (χ1) is 12.2. The van der Waals surface area contributed by atoms with Crippen LogP contribution < -0.4 is 10.1 Å². The third-order valence-corrected chi connectivity index (χ3v) is 6.62.